The van der Waals surface area contributed by atoms with E-state index in [0.717, 1.165) is 46.5 Å². The number of halogens is 1. The summed E-state index contributed by atoms with van der Waals surface area (Å²) in [6.45, 7) is 1.82. The molecule has 0 unspecified atom stereocenters. The molecule has 4 aromatic rings. The number of hydrogen-bond donors (Lipinski definition) is 0. The van der Waals surface area contributed by atoms with Crippen LogP contribution >= 0.6 is 0 Å². The molecule has 0 aliphatic carbocycles. The zero-order valence-corrected chi connectivity index (χ0v) is 19.6. The molecule has 6 rings (SSSR count). The molecule has 2 aliphatic heterocycles. The van der Waals surface area contributed by atoms with Crippen molar-refractivity contribution in [2.45, 2.75) is 13.0 Å². The van der Waals surface area contributed by atoms with E-state index in [1.54, 1.807) is 24.3 Å². The van der Waals surface area contributed by atoms with Gasteiger partial charge in [0.2, 0.25) is 5.78 Å². The number of rotatable bonds is 5. The molecule has 2 heterocycles. The minimum absolute atomic E-state index is 0.122. The zero-order chi connectivity index (χ0) is 24.5. The average Bonchev–Trinajstić information content (AvgIpc) is 3.24. The monoisotopic (exact) mass is 477 g/mol. The van der Waals surface area contributed by atoms with Gasteiger partial charge in [0.1, 0.15) is 24.0 Å². The number of ether oxygens (including phenoxy) is 2. The maximum atomic E-state index is 13.2. The van der Waals surface area contributed by atoms with Crippen LogP contribution in [0.3, 0.4) is 0 Å². The first kappa shape index (κ1) is 22.3. The van der Waals surface area contributed by atoms with Crippen LogP contribution in [0.25, 0.3) is 17.2 Å². The summed E-state index contributed by atoms with van der Waals surface area (Å²) in [6, 6.07) is 28.4. The van der Waals surface area contributed by atoms with Gasteiger partial charge < -0.3 is 9.47 Å². The van der Waals surface area contributed by atoms with Gasteiger partial charge in [-0.3, -0.25) is 9.69 Å². The number of benzene rings is 4. The summed E-state index contributed by atoms with van der Waals surface area (Å²) in [5.41, 5.74) is 5.67. The molecule has 178 valence electrons. The second-order valence-corrected chi connectivity index (χ2v) is 9.05. The Labute approximate surface area is 209 Å². The summed E-state index contributed by atoms with van der Waals surface area (Å²) in [7, 11) is 0. The van der Waals surface area contributed by atoms with Gasteiger partial charge >= 0.3 is 0 Å². The number of nitrogens with zero attached hydrogens (tertiary/aromatic N) is 1. The van der Waals surface area contributed by atoms with Gasteiger partial charge in [-0.15, -0.1) is 0 Å². The van der Waals surface area contributed by atoms with Crippen molar-refractivity contribution >= 4 is 11.9 Å². The first-order valence-electron chi connectivity index (χ1n) is 12.0. The van der Waals surface area contributed by atoms with E-state index < -0.39 is 0 Å². The summed E-state index contributed by atoms with van der Waals surface area (Å²) in [5.74, 6) is 1.28. The van der Waals surface area contributed by atoms with E-state index >= 15 is 0 Å². The molecule has 0 spiro atoms. The Bertz CT molecular complexity index is 1440. The molecular weight excluding hydrogens is 453 g/mol. The highest BCUT2D eigenvalue weighted by molar-refractivity contribution is 6.15. The van der Waals surface area contributed by atoms with Crippen molar-refractivity contribution < 1.29 is 18.7 Å². The lowest BCUT2D eigenvalue weighted by molar-refractivity contribution is 0.0949. The van der Waals surface area contributed by atoms with Crippen molar-refractivity contribution in [3.63, 3.8) is 0 Å². The lowest BCUT2D eigenvalue weighted by atomic mass is 10.0. The molecule has 2 aliphatic rings. The molecule has 0 N–H and O–H groups in total. The molecular formula is C31H24FNO3. The smallest absolute Gasteiger partial charge is 0.231 e. The van der Waals surface area contributed by atoms with Gasteiger partial charge in [-0.25, -0.2) is 4.39 Å². The van der Waals surface area contributed by atoms with Crippen LogP contribution in [0.15, 0.2) is 96.8 Å². The van der Waals surface area contributed by atoms with Crippen LogP contribution in [0, 0.1) is 5.82 Å². The number of fused-ring (bicyclic) bond motifs is 3. The van der Waals surface area contributed by atoms with Crippen molar-refractivity contribution in [2.24, 2.45) is 0 Å². The Kier molecular flexibility index (Phi) is 5.84. The van der Waals surface area contributed by atoms with E-state index in [2.05, 4.69) is 17.0 Å². The molecule has 5 heteroatoms. The molecule has 4 aromatic carbocycles. The lowest BCUT2D eigenvalue weighted by Crippen LogP contribution is -2.33. The first-order chi connectivity index (χ1) is 17.6. The fourth-order valence-corrected chi connectivity index (χ4v) is 4.64. The minimum Gasteiger partial charge on any atom is -0.478 e. The molecule has 0 amide bonds. The summed E-state index contributed by atoms with van der Waals surface area (Å²) in [5, 5.41) is 0. The van der Waals surface area contributed by atoms with Gasteiger partial charge in [0.05, 0.1) is 11.1 Å². The van der Waals surface area contributed by atoms with Crippen LogP contribution in [0.2, 0.25) is 0 Å². The third kappa shape index (κ3) is 4.41. The predicted molar refractivity (Wildman–Crippen MR) is 137 cm³/mol. The molecule has 0 fully saturated rings. The van der Waals surface area contributed by atoms with Gasteiger partial charge in [-0.05, 0) is 59.0 Å². The van der Waals surface area contributed by atoms with Crippen molar-refractivity contribution in [1.82, 2.24) is 4.90 Å². The van der Waals surface area contributed by atoms with Crippen LogP contribution in [0.4, 0.5) is 4.39 Å². The van der Waals surface area contributed by atoms with Crippen molar-refractivity contribution in [3.05, 3.63) is 125 Å². The van der Waals surface area contributed by atoms with E-state index in [9.17, 15) is 9.18 Å². The minimum atomic E-state index is -0.234. The van der Waals surface area contributed by atoms with Crippen LogP contribution in [0.5, 0.6) is 11.5 Å². The fraction of sp³-hybridized carbons (Fsp3) is 0.129. The van der Waals surface area contributed by atoms with Crippen molar-refractivity contribution in [1.29, 1.82) is 0 Å². The normalized spacial score (nSPS) is 15.8. The quantitative estimate of drug-likeness (QED) is 0.308. The molecule has 0 radical (unpaired) electrons. The summed E-state index contributed by atoms with van der Waals surface area (Å²) >= 11 is 0. The van der Waals surface area contributed by atoms with Gasteiger partial charge in [-0.1, -0.05) is 66.7 Å². The Morgan fingerprint density at radius 3 is 2.39 bits per heavy atom. The van der Waals surface area contributed by atoms with Crippen molar-refractivity contribution in [3.8, 4) is 22.6 Å². The number of carbonyl (C=O) groups is 1. The summed E-state index contributed by atoms with van der Waals surface area (Å²) in [6.07, 6.45) is 2.57. The number of Topliss-reactive ketones (excluding diaryl/α,β-unsaturated/α-hetero) is 1. The second kappa shape index (κ2) is 9.44. The molecule has 0 saturated heterocycles. The van der Waals surface area contributed by atoms with E-state index in [4.69, 9.17) is 9.47 Å². The van der Waals surface area contributed by atoms with E-state index in [-0.39, 0.29) is 11.6 Å². The highest BCUT2D eigenvalue weighted by atomic mass is 19.1. The van der Waals surface area contributed by atoms with E-state index in [1.807, 2.05) is 48.5 Å². The van der Waals surface area contributed by atoms with Gasteiger partial charge in [0.15, 0.2) is 5.76 Å². The number of hydrogen-bond acceptors (Lipinski definition) is 4. The van der Waals surface area contributed by atoms with E-state index in [1.165, 1.54) is 12.1 Å². The molecule has 0 bridgehead atoms. The predicted octanol–water partition coefficient (Wildman–Crippen LogP) is 6.50. The summed E-state index contributed by atoms with van der Waals surface area (Å²) in [4.78, 5) is 15.3. The maximum absolute atomic E-state index is 13.2. The third-order valence-electron chi connectivity index (χ3n) is 6.63. The number of ketones is 1. The van der Waals surface area contributed by atoms with Crippen LogP contribution < -0.4 is 9.47 Å². The SMILES string of the molecule is O=C1/C(=C/c2ccc(-c3ccccc3)cc2)Oc2c1ccc1c2CN(CCc2ccc(F)cc2)CO1. The highest BCUT2D eigenvalue weighted by Crippen LogP contribution is 2.42. The first-order valence-corrected chi connectivity index (χ1v) is 12.0. The highest BCUT2D eigenvalue weighted by Gasteiger charge is 2.33. The standard InChI is InChI=1S/C31H24FNO3/c32-25-12-8-21(9-13-25)16-17-33-19-27-28(35-20-33)15-14-26-30(34)29(36-31(26)27)18-22-6-10-24(11-7-22)23-4-2-1-3-5-23/h1-15,18H,16-17,19-20H2/b29-18-. The molecule has 0 aromatic heterocycles. The largest absolute Gasteiger partial charge is 0.478 e. The molecule has 0 saturated carbocycles. The fourth-order valence-electron chi connectivity index (χ4n) is 4.64. The van der Waals surface area contributed by atoms with Crippen molar-refractivity contribution in [2.75, 3.05) is 13.3 Å². The zero-order valence-electron chi connectivity index (χ0n) is 19.6. The Balaban J connectivity index is 1.19. The Morgan fingerprint density at radius 2 is 1.61 bits per heavy atom. The number of allylic oxidation sites excluding steroid dienone is 1. The molecule has 4 nitrogen and oxygen atoms in total. The van der Waals surface area contributed by atoms with Crippen LogP contribution in [-0.2, 0) is 13.0 Å². The van der Waals surface area contributed by atoms with E-state index in [0.29, 0.717) is 30.3 Å². The van der Waals surface area contributed by atoms with Crippen LogP contribution in [-0.4, -0.2) is 24.0 Å². The Hall–Kier alpha value is -4.22. The molecule has 0 atom stereocenters. The lowest BCUT2D eigenvalue weighted by Gasteiger charge is -2.29. The van der Waals surface area contributed by atoms with Gasteiger partial charge in [0.25, 0.3) is 0 Å². The van der Waals surface area contributed by atoms with Crippen LogP contribution in [0.1, 0.15) is 27.0 Å². The van der Waals surface area contributed by atoms with Gasteiger partial charge in [-0.2, -0.15) is 0 Å². The van der Waals surface area contributed by atoms with Gasteiger partial charge in [0, 0.05) is 13.1 Å². The second-order valence-electron chi connectivity index (χ2n) is 9.05. The third-order valence-corrected chi connectivity index (χ3v) is 6.63. The summed E-state index contributed by atoms with van der Waals surface area (Å²) < 4.78 is 25.3. The number of carbonyl (C=O) groups excluding carboxylic acids is 1. The average molecular weight is 478 g/mol. The maximum Gasteiger partial charge on any atom is 0.231 e. The molecule has 36 heavy (non-hydrogen) atoms. The Morgan fingerprint density at radius 1 is 0.861 bits per heavy atom. The topological polar surface area (TPSA) is 38.8 Å².